The maximum atomic E-state index is 15.2. The van der Waals surface area contributed by atoms with Crippen LogP contribution in [0.2, 0.25) is 0 Å². The maximum absolute atomic E-state index is 15.2. The third-order valence-corrected chi connectivity index (χ3v) is 6.59. The quantitative estimate of drug-likeness (QED) is 0.362. The molecule has 0 unspecified atom stereocenters. The number of nitrogens with zero attached hydrogens (tertiary/aromatic N) is 5. The summed E-state index contributed by atoms with van der Waals surface area (Å²) >= 11 is 0. The molecule has 13 heteroatoms. The number of nitriles is 1. The van der Waals surface area contributed by atoms with Gasteiger partial charge in [0.1, 0.15) is 23.7 Å². The number of nitrogens with one attached hydrogen (secondary N) is 2. The number of hydrogen-bond donors (Lipinski definition) is 2. The second kappa shape index (κ2) is 12.6. The summed E-state index contributed by atoms with van der Waals surface area (Å²) in [6, 6.07) is 2.97. The number of halogens is 1. The summed E-state index contributed by atoms with van der Waals surface area (Å²) in [6.45, 7) is 1.53. The molecule has 4 rings (SSSR count). The molecule has 0 bridgehead atoms. The number of amides is 3. The molecule has 3 amide bonds. The largest absolute Gasteiger partial charge is 0.383 e. The first-order valence-electron chi connectivity index (χ1n) is 12.6. The Bertz CT molecular complexity index is 1290. The van der Waals surface area contributed by atoms with E-state index < -0.39 is 18.0 Å². The maximum Gasteiger partial charge on any atom is 0.328 e. The third kappa shape index (κ3) is 6.13. The zero-order chi connectivity index (χ0) is 27.9. The highest BCUT2D eigenvalue weighted by Crippen LogP contribution is 2.30. The highest BCUT2D eigenvalue weighted by Gasteiger charge is 2.30. The van der Waals surface area contributed by atoms with Crippen molar-refractivity contribution in [3.8, 4) is 6.07 Å². The fraction of sp³-hybridized carbons (Fsp3) is 0.462. The Morgan fingerprint density at radius 3 is 2.92 bits per heavy atom. The molecule has 2 aromatic rings. The first-order chi connectivity index (χ1) is 18.9. The zero-order valence-corrected chi connectivity index (χ0v) is 21.8. The second-order valence-electron chi connectivity index (χ2n) is 9.26. The van der Waals surface area contributed by atoms with Gasteiger partial charge in [0.25, 0.3) is 5.91 Å². The molecule has 0 aromatic carbocycles. The number of carbonyl (C=O) groups excluding carboxylic acids is 3. The minimum absolute atomic E-state index is 0.0160. The van der Waals surface area contributed by atoms with Crippen LogP contribution < -0.4 is 15.5 Å². The summed E-state index contributed by atoms with van der Waals surface area (Å²) in [5, 5.41) is 14.6. The SMILES string of the molecule is COCCNc1c(C#N)cnc(NC(=O)N2CCCc3cc(CN(C)C(=O)[C@H]4CCCO4)c(C=O)nc32)c1F. The molecule has 2 aliphatic rings. The molecule has 0 radical (unpaired) electrons. The van der Waals surface area contributed by atoms with Gasteiger partial charge in [0.2, 0.25) is 0 Å². The minimum Gasteiger partial charge on any atom is -0.383 e. The standard InChI is InChI=1S/C26H30FN7O5/c1-33(25(36)20-6-4-9-39-20)14-17-11-16-5-3-8-34(24(16)31-19(17)15-35)26(37)32-23-21(27)22(29-7-10-38-2)18(12-28)13-30-23/h11,13,15,20H,3-10,14H2,1-2H3,(H2,29,30,32,37)/t20-/m1/s1. The summed E-state index contributed by atoms with van der Waals surface area (Å²) < 4.78 is 25.6. The Balaban J connectivity index is 1.55. The normalized spacial score (nSPS) is 16.3. The van der Waals surface area contributed by atoms with Gasteiger partial charge in [-0.25, -0.2) is 19.2 Å². The second-order valence-corrected chi connectivity index (χ2v) is 9.26. The van der Waals surface area contributed by atoms with E-state index in [0.29, 0.717) is 37.7 Å². The van der Waals surface area contributed by atoms with Gasteiger partial charge in [-0.05, 0) is 37.3 Å². The Morgan fingerprint density at radius 1 is 1.41 bits per heavy atom. The topological polar surface area (TPSA) is 150 Å². The molecule has 0 spiro atoms. The highest BCUT2D eigenvalue weighted by atomic mass is 19.1. The van der Waals surface area contributed by atoms with Crippen molar-refractivity contribution in [1.82, 2.24) is 14.9 Å². The van der Waals surface area contributed by atoms with Crippen LogP contribution in [-0.2, 0) is 27.2 Å². The number of carbonyl (C=O) groups is 3. The van der Waals surface area contributed by atoms with Crippen molar-refractivity contribution in [2.45, 2.75) is 38.3 Å². The number of fused-ring (bicyclic) bond motifs is 1. The summed E-state index contributed by atoms with van der Waals surface area (Å²) in [6.07, 6.45) is 3.99. The number of rotatable bonds is 9. The van der Waals surface area contributed by atoms with E-state index >= 15 is 4.39 Å². The number of aryl methyl sites for hydroxylation is 1. The number of urea groups is 1. The zero-order valence-electron chi connectivity index (χ0n) is 21.8. The van der Waals surface area contributed by atoms with E-state index in [1.807, 2.05) is 6.07 Å². The Kier molecular flexibility index (Phi) is 9.00. The summed E-state index contributed by atoms with van der Waals surface area (Å²) in [5.41, 5.74) is 1.29. The first-order valence-corrected chi connectivity index (χ1v) is 12.6. The lowest BCUT2D eigenvalue weighted by Crippen LogP contribution is -2.40. The molecule has 2 aliphatic heterocycles. The third-order valence-electron chi connectivity index (χ3n) is 6.59. The molecule has 2 aromatic heterocycles. The molecular weight excluding hydrogens is 509 g/mol. The van der Waals surface area contributed by atoms with Crippen molar-refractivity contribution < 1.29 is 28.2 Å². The summed E-state index contributed by atoms with van der Waals surface area (Å²) in [4.78, 5) is 49.0. The van der Waals surface area contributed by atoms with Crippen LogP contribution in [-0.4, -0.2) is 79.7 Å². The number of anilines is 3. The summed E-state index contributed by atoms with van der Waals surface area (Å²) in [7, 11) is 3.14. The Labute approximate surface area is 225 Å². The van der Waals surface area contributed by atoms with E-state index in [1.54, 1.807) is 13.1 Å². The summed E-state index contributed by atoms with van der Waals surface area (Å²) in [5.74, 6) is -1.11. The fourth-order valence-electron chi connectivity index (χ4n) is 4.61. The minimum atomic E-state index is -0.883. The molecule has 1 fully saturated rings. The number of pyridine rings is 2. The van der Waals surface area contributed by atoms with Crippen LogP contribution in [0.1, 0.15) is 46.4 Å². The van der Waals surface area contributed by atoms with Crippen LogP contribution in [0.3, 0.4) is 0 Å². The van der Waals surface area contributed by atoms with Crippen molar-refractivity contribution in [2.24, 2.45) is 0 Å². The van der Waals surface area contributed by atoms with E-state index in [4.69, 9.17) is 9.47 Å². The number of likely N-dealkylation sites (N-methyl/N-ethyl adjacent to an activating group) is 1. The average molecular weight is 540 g/mol. The molecule has 4 heterocycles. The molecule has 12 nitrogen and oxygen atoms in total. The van der Waals surface area contributed by atoms with Crippen LogP contribution in [0.25, 0.3) is 0 Å². The monoisotopic (exact) mass is 539 g/mol. The van der Waals surface area contributed by atoms with E-state index in [2.05, 4.69) is 20.6 Å². The van der Waals surface area contributed by atoms with Gasteiger partial charge in [-0.3, -0.25) is 19.8 Å². The predicted octanol–water partition coefficient (Wildman–Crippen LogP) is 2.48. The van der Waals surface area contributed by atoms with E-state index in [0.717, 1.165) is 12.0 Å². The molecule has 0 aliphatic carbocycles. The molecule has 2 N–H and O–H groups in total. The number of aromatic nitrogens is 2. The van der Waals surface area contributed by atoms with Gasteiger partial charge in [0.15, 0.2) is 17.9 Å². The lowest BCUT2D eigenvalue weighted by Gasteiger charge is -2.30. The molecular formula is C26H30FN7O5. The van der Waals surface area contributed by atoms with Crippen LogP contribution in [0, 0.1) is 17.1 Å². The van der Waals surface area contributed by atoms with E-state index in [-0.39, 0.29) is 60.7 Å². The predicted molar refractivity (Wildman–Crippen MR) is 139 cm³/mol. The van der Waals surface area contributed by atoms with Crippen LogP contribution in [0.5, 0.6) is 0 Å². The van der Waals surface area contributed by atoms with Gasteiger partial charge in [0.05, 0.1) is 17.9 Å². The van der Waals surface area contributed by atoms with Crippen molar-refractivity contribution in [2.75, 3.05) is 56.0 Å². The van der Waals surface area contributed by atoms with Crippen LogP contribution in [0.15, 0.2) is 12.3 Å². The molecule has 39 heavy (non-hydrogen) atoms. The number of aldehydes is 1. The Morgan fingerprint density at radius 2 is 2.23 bits per heavy atom. The van der Waals surface area contributed by atoms with Crippen molar-refractivity contribution in [3.05, 3.63) is 40.5 Å². The number of hydrogen-bond acceptors (Lipinski definition) is 9. The molecule has 1 atom stereocenters. The van der Waals surface area contributed by atoms with E-state index in [9.17, 15) is 19.6 Å². The van der Waals surface area contributed by atoms with Crippen molar-refractivity contribution >= 4 is 35.5 Å². The fourth-order valence-corrected chi connectivity index (χ4v) is 4.61. The number of methoxy groups -OCH3 is 1. The van der Waals surface area contributed by atoms with Gasteiger partial charge in [-0.2, -0.15) is 5.26 Å². The van der Waals surface area contributed by atoms with Gasteiger partial charge in [-0.15, -0.1) is 0 Å². The lowest BCUT2D eigenvalue weighted by atomic mass is 10.0. The average Bonchev–Trinajstić information content (AvgIpc) is 3.49. The highest BCUT2D eigenvalue weighted by molar-refractivity contribution is 6.02. The lowest BCUT2D eigenvalue weighted by molar-refractivity contribution is -0.140. The number of ether oxygens (including phenoxy) is 2. The van der Waals surface area contributed by atoms with Crippen LogP contribution in [0.4, 0.5) is 26.5 Å². The van der Waals surface area contributed by atoms with Crippen molar-refractivity contribution in [3.63, 3.8) is 0 Å². The van der Waals surface area contributed by atoms with Crippen molar-refractivity contribution in [1.29, 1.82) is 5.26 Å². The molecule has 206 valence electrons. The molecule has 0 saturated carbocycles. The van der Waals surface area contributed by atoms with Gasteiger partial charge >= 0.3 is 6.03 Å². The van der Waals surface area contributed by atoms with Crippen LogP contribution >= 0.6 is 0 Å². The van der Waals surface area contributed by atoms with Gasteiger partial charge in [-0.1, -0.05) is 0 Å². The first kappa shape index (κ1) is 27.9. The Hall–Kier alpha value is -4.15. The molecule has 1 saturated heterocycles. The van der Waals surface area contributed by atoms with Gasteiger partial charge in [0, 0.05) is 52.2 Å². The van der Waals surface area contributed by atoms with Gasteiger partial charge < -0.3 is 19.7 Å². The van der Waals surface area contributed by atoms with E-state index in [1.165, 1.54) is 23.1 Å². The smallest absolute Gasteiger partial charge is 0.328 e.